The minimum Gasteiger partial charge on any atom is -0.481 e. The number of aliphatic carboxylic acids is 1. The summed E-state index contributed by atoms with van der Waals surface area (Å²) in [6.07, 6.45) is -0.158. The summed E-state index contributed by atoms with van der Waals surface area (Å²) in [4.78, 5) is 21.7. The molecule has 1 rings (SSSR count). The van der Waals surface area contributed by atoms with Gasteiger partial charge in [0.15, 0.2) is 0 Å². The van der Waals surface area contributed by atoms with Gasteiger partial charge in [0.05, 0.1) is 22.2 Å². The Kier molecular flexibility index (Phi) is 5.71. The van der Waals surface area contributed by atoms with E-state index in [1.165, 1.54) is 0 Å². The Bertz CT molecular complexity index is 459. The lowest BCUT2D eigenvalue weighted by atomic mass is 10.3. The first-order valence-corrected chi connectivity index (χ1v) is 6.36. The molecule has 1 aromatic rings. The van der Waals surface area contributed by atoms with Crippen LogP contribution in [-0.2, 0) is 4.79 Å². The van der Waals surface area contributed by atoms with Crippen molar-refractivity contribution in [2.75, 3.05) is 11.9 Å². The zero-order valence-corrected chi connectivity index (χ0v) is 12.1. The van der Waals surface area contributed by atoms with Gasteiger partial charge in [0.1, 0.15) is 0 Å². The molecule has 0 radical (unpaired) electrons. The van der Waals surface area contributed by atoms with Gasteiger partial charge in [-0.2, -0.15) is 0 Å². The summed E-state index contributed by atoms with van der Waals surface area (Å²) >= 11 is 15.0. The number of carboxylic acid groups (broad SMARTS) is 1. The van der Waals surface area contributed by atoms with Crippen LogP contribution in [0.3, 0.4) is 0 Å². The predicted octanol–water partition coefficient (Wildman–Crippen LogP) is 3.35. The summed E-state index contributed by atoms with van der Waals surface area (Å²) < 4.78 is 0.689. The molecule has 1 aromatic carbocycles. The molecule has 5 nitrogen and oxygen atoms in total. The van der Waals surface area contributed by atoms with Crippen LogP contribution in [-0.4, -0.2) is 23.7 Å². The van der Waals surface area contributed by atoms with Gasteiger partial charge in [-0.3, -0.25) is 4.79 Å². The van der Waals surface area contributed by atoms with E-state index >= 15 is 0 Å². The number of anilines is 1. The van der Waals surface area contributed by atoms with E-state index in [1.54, 1.807) is 12.1 Å². The van der Waals surface area contributed by atoms with Crippen molar-refractivity contribution in [2.24, 2.45) is 0 Å². The predicted molar refractivity (Wildman–Crippen MR) is 73.4 cm³/mol. The summed E-state index contributed by atoms with van der Waals surface area (Å²) in [5.74, 6) is -0.991. The molecule has 0 unspecified atom stereocenters. The van der Waals surface area contributed by atoms with Crippen molar-refractivity contribution >= 4 is 56.8 Å². The third kappa shape index (κ3) is 4.72. The summed E-state index contributed by atoms with van der Waals surface area (Å²) in [7, 11) is 0. The third-order valence-electron chi connectivity index (χ3n) is 1.87. The highest BCUT2D eigenvalue weighted by Crippen LogP contribution is 2.33. The highest BCUT2D eigenvalue weighted by atomic mass is 79.9. The molecule has 0 aromatic heterocycles. The quantitative estimate of drug-likeness (QED) is 0.774. The van der Waals surface area contributed by atoms with Gasteiger partial charge in [-0.15, -0.1) is 0 Å². The number of carbonyl (C=O) groups excluding carboxylic acids is 1. The first-order chi connectivity index (χ1) is 8.40. The summed E-state index contributed by atoms with van der Waals surface area (Å²) in [5.41, 5.74) is 0.273. The van der Waals surface area contributed by atoms with E-state index < -0.39 is 12.0 Å². The molecular weight excluding hydrogens is 347 g/mol. The van der Waals surface area contributed by atoms with Gasteiger partial charge >= 0.3 is 12.0 Å². The van der Waals surface area contributed by atoms with Crippen LogP contribution in [0.1, 0.15) is 6.42 Å². The molecule has 0 fully saturated rings. The Morgan fingerprint density at radius 2 is 1.83 bits per heavy atom. The lowest BCUT2D eigenvalue weighted by Gasteiger charge is -2.10. The lowest BCUT2D eigenvalue weighted by Crippen LogP contribution is -2.30. The molecule has 0 atom stereocenters. The maximum atomic E-state index is 11.4. The number of hydrogen-bond acceptors (Lipinski definition) is 2. The van der Waals surface area contributed by atoms with E-state index in [4.69, 9.17) is 28.3 Å². The highest BCUT2D eigenvalue weighted by molar-refractivity contribution is 9.10. The van der Waals surface area contributed by atoms with Crippen molar-refractivity contribution in [1.29, 1.82) is 0 Å². The number of carboxylic acids is 1. The average molecular weight is 356 g/mol. The van der Waals surface area contributed by atoms with Crippen molar-refractivity contribution in [2.45, 2.75) is 6.42 Å². The molecule has 8 heteroatoms. The zero-order valence-electron chi connectivity index (χ0n) is 8.97. The van der Waals surface area contributed by atoms with Crippen LogP contribution in [0.2, 0.25) is 10.0 Å². The second-order valence-electron chi connectivity index (χ2n) is 3.27. The third-order valence-corrected chi connectivity index (χ3v) is 2.92. The summed E-state index contributed by atoms with van der Waals surface area (Å²) in [6.45, 7) is 0.0208. The summed E-state index contributed by atoms with van der Waals surface area (Å²) in [5, 5.41) is 13.8. The van der Waals surface area contributed by atoms with Gasteiger partial charge < -0.3 is 15.7 Å². The van der Waals surface area contributed by atoms with Crippen LogP contribution >= 0.6 is 39.1 Å². The fourth-order valence-corrected chi connectivity index (χ4v) is 2.41. The fraction of sp³-hybridized carbons (Fsp3) is 0.200. The smallest absolute Gasteiger partial charge is 0.319 e. The number of carbonyl (C=O) groups is 2. The molecule has 18 heavy (non-hydrogen) atoms. The molecule has 0 bridgehead atoms. The van der Waals surface area contributed by atoms with Crippen LogP contribution in [0, 0.1) is 0 Å². The van der Waals surface area contributed by atoms with Crippen molar-refractivity contribution in [1.82, 2.24) is 5.32 Å². The van der Waals surface area contributed by atoms with Crippen molar-refractivity contribution in [3.8, 4) is 0 Å². The standard InChI is InChI=1S/C10H9BrCl2N2O3/c11-5-3-6(12)9(7(13)4-5)15-10(18)14-2-1-8(16)17/h3-4H,1-2H2,(H,16,17)(H2,14,15,18). The van der Waals surface area contributed by atoms with Crippen molar-refractivity contribution in [3.63, 3.8) is 0 Å². The number of halogens is 3. The summed E-state index contributed by atoms with van der Waals surface area (Å²) in [6, 6.07) is 2.60. The van der Waals surface area contributed by atoms with E-state index in [0.29, 0.717) is 4.47 Å². The first-order valence-electron chi connectivity index (χ1n) is 4.81. The largest absolute Gasteiger partial charge is 0.481 e. The maximum absolute atomic E-state index is 11.4. The molecule has 3 N–H and O–H groups in total. The van der Waals surface area contributed by atoms with E-state index in [9.17, 15) is 9.59 Å². The van der Waals surface area contributed by atoms with Crippen LogP contribution in [0.5, 0.6) is 0 Å². The molecule has 2 amide bonds. The molecule has 0 aliphatic heterocycles. The molecule has 0 heterocycles. The number of hydrogen-bond donors (Lipinski definition) is 3. The Labute approximate surface area is 122 Å². The van der Waals surface area contributed by atoms with E-state index in [-0.39, 0.29) is 28.7 Å². The number of nitrogens with one attached hydrogen (secondary N) is 2. The topological polar surface area (TPSA) is 78.4 Å². The molecule has 0 saturated heterocycles. The Hall–Kier alpha value is -0.980. The normalized spacial score (nSPS) is 9.94. The second kappa shape index (κ2) is 6.82. The van der Waals surface area contributed by atoms with Crippen molar-refractivity contribution < 1.29 is 14.7 Å². The monoisotopic (exact) mass is 354 g/mol. The van der Waals surface area contributed by atoms with Gasteiger partial charge in [0.2, 0.25) is 0 Å². The minimum atomic E-state index is -0.991. The van der Waals surface area contributed by atoms with Gasteiger partial charge in [-0.1, -0.05) is 39.1 Å². The number of benzene rings is 1. The Morgan fingerprint density at radius 3 is 2.33 bits per heavy atom. The molecular formula is C10H9BrCl2N2O3. The highest BCUT2D eigenvalue weighted by Gasteiger charge is 2.11. The van der Waals surface area contributed by atoms with Crippen LogP contribution < -0.4 is 10.6 Å². The molecule has 98 valence electrons. The first kappa shape index (κ1) is 15.1. The molecule has 0 spiro atoms. The van der Waals surface area contributed by atoms with Crippen LogP contribution in [0.25, 0.3) is 0 Å². The van der Waals surface area contributed by atoms with E-state index in [0.717, 1.165) is 0 Å². The average Bonchev–Trinajstić information content (AvgIpc) is 2.22. The fourth-order valence-electron chi connectivity index (χ4n) is 1.10. The second-order valence-corrected chi connectivity index (χ2v) is 5.00. The number of rotatable bonds is 4. The van der Waals surface area contributed by atoms with E-state index in [2.05, 4.69) is 26.6 Å². The Balaban J connectivity index is 2.62. The van der Waals surface area contributed by atoms with Crippen LogP contribution in [0.4, 0.5) is 10.5 Å². The zero-order chi connectivity index (χ0) is 13.7. The van der Waals surface area contributed by atoms with Gasteiger partial charge in [-0.25, -0.2) is 4.79 Å². The molecule has 0 aliphatic rings. The number of amides is 2. The number of urea groups is 1. The van der Waals surface area contributed by atoms with Gasteiger partial charge in [-0.05, 0) is 12.1 Å². The van der Waals surface area contributed by atoms with Crippen molar-refractivity contribution in [3.05, 3.63) is 26.7 Å². The minimum absolute atomic E-state index is 0.0208. The van der Waals surface area contributed by atoms with Crippen LogP contribution in [0.15, 0.2) is 16.6 Å². The molecule has 0 aliphatic carbocycles. The Morgan fingerprint density at radius 1 is 1.28 bits per heavy atom. The van der Waals surface area contributed by atoms with Gasteiger partial charge in [0.25, 0.3) is 0 Å². The van der Waals surface area contributed by atoms with E-state index in [1.807, 2.05) is 0 Å². The maximum Gasteiger partial charge on any atom is 0.319 e. The molecule has 0 saturated carbocycles. The van der Waals surface area contributed by atoms with Gasteiger partial charge in [0, 0.05) is 11.0 Å². The lowest BCUT2D eigenvalue weighted by molar-refractivity contribution is -0.136. The SMILES string of the molecule is O=C(O)CCNC(=O)Nc1c(Cl)cc(Br)cc1Cl.